The van der Waals surface area contributed by atoms with E-state index in [0.717, 1.165) is 18.9 Å². The molecule has 0 saturated heterocycles. The summed E-state index contributed by atoms with van der Waals surface area (Å²) in [5.41, 5.74) is 4.02. The van der Waals surface area contributed by atoms with Gasteiger partial charge < -0.3 is 4.90 Å². The fraction of sp³-hybridized carbons (Fsp3) is 0.562. The van der Waals surface area contributed by atoms with Crippen LogP contribution in [0.5, 0.6) is 0 Å². The Labute approximate surface area is 109 Å². The molecule has 0 amide bonds. The van der Waals surface area contributed by atoms with Gasteiger partial charge in [0.25, 0.3) is 0 Å². The third-order valence-electron chi connectivity index (χ3n) is 4.29. The molecule has 0 N–H and O–H groups in total. The summed E-state index contributed by atoms with van der Waals surface area (Å²) < 4.78 is 0. The van der Waals surface area contributed by atoms with Crippen molar-refractivity contribution in [3.63, 3.8) is 0 Å². The van der Waals surface area contributed by atoms with Crippen molar-refractivity contribution in [2.24, 2.45) is 5.92 Å². The molecule has 0 bridgehead atoms. The predicted molar refractivity (Wildman–Crippen MR) is 74.1 cm³/mol. The van der Waals surface area contributed by atoms with Crippen molar-refractivity contribution in [3.05, 3.63) is 29.3 Å². The molecule has 1 aromatic rings. The number of rotatable bonds is 4. The summed E-state index contributed by atoms with van der Waals surface area (Å²) in [7, 11) is 0. The Hall–Kier alpha value is -1.31. The monoisotopic (exact) mass is 243 g/mol. The maximum Gasteiger partial charge on any atom is 0.134 e. The number of hydrogen-bond donors (Lipinski definition) is 0. The minimum atomic E-state index is 0.249. The minimum absolute atomic E-state index is 0.249. The zero-order chi connectivity index (χ0) is 12.5. The average Bonchev–Trinajstić information content (AvgIpc) is 2.65. The second-order valence-electron chi connectivity index (χ2n) is 5.83. The summed E-state index contributed by atoms with van der Waals surface area (Å²) >= 11 is 0. The lowest BCUT2D eigenvalue weighted by atomic mass is 9.85. The van der Waals surface area contributed by atoms with Crippen LogP contribution in [0.3, 0.4) is 0 Å². The molecular formula is C16H21NO. The number of ketones is 1. The van der Waals surface area contributed by atoms with Gasteiger partial charge in [-0.15, -0.1) is 0 Å². The normalized spacial score (nSPS) is 18.6. The van der Waals surface area contributed by atoms with Crippen LogP contribution < -0.4 is 4.90 Å². The van der Waals surface area contributed by atoms with Gasteiger partial charge in [-0.05, 0) is 49.3 Å². The van der Waals surface area contributed by atoms with Crippen molar-refractivity contribution < 1.29 is 4.79 Å². The quantitative estimate of drug-likeness (QED) is 0.810. The van der Waals surface area contributed by atoms with Gasteiger partial charge in [-0.1, -0.05) is 18.6 Å². The van der Waals surface area contributed by atoms with E-state index >= 15 is 0 Å². The first-order valence-corrected chi connectivity index (χ1v) is 7.08. The zero-order valence-corrected chi connectivity index (χ0v) is 11.1. The summed E-state index contributed by atoms with van der Waals surface area (Å²) in [5.74, 6) is 1.17. The number of carbonyl (C=O) groups is 1. The Morgan fingerprint density at radius 2 is 2.22 bits per heavy atom. The number of benzene rings is 1. The van der Waals surface area contributed by atoms with Crippen molar-refractivity contribution in [3.8, 4) is 0 Å². The lowest BCUT2D eigenvalue weighted by molar-refractivity contribution is -0.116. The smallest absolute Gasteiger partial charge is 0.134 e. The Bertz CT molecular complexity index is 462. The molecule has 0 radical (unpaired) electrons. The highest BCUT2D eigenvalue weighted by Crippen LogP contribution is 2.33. The minimum Gasteiger partial charge on any atom is -0.371 e. The van der Waals surface area contributed by atoms with Gasteiger partial charge in [0.2, 0.25) is 0 Å². The molecular weight excluding hydrogens is 222 g/mol. The largest absolute Gasteiger partial charge is 0.371 e. The van der Waals surface area contributed by atoms with Crippen LogP contribution >= 0.6 is 0 Å². The molecule has 2 aliphatic rings. The number of nitrogens with zero attached hydrogens (tertiary/aromatic N) is 1. The molecule has 1 fully saturated rings. The van der Waals surface area contributed by atoms with E-state index in [4.69, 9.17) is 0 Å². The van der Waals surface area contributed by atoms with Crippen molar-refractivity contribution >= 4 is 11.5 Å². The van der Waals surface area contributed by atoms with Crippen molar-refractivity contribution in [2.45, 2.75) is 39.0 Å². The molecule has 0 unspecified atom stereocenters. The number of anilines is 1. The summed E-state index contributed by atoms with van der Waals surface area (Å²) in [5, 5.41) is 0. The van der Waals surface area contributed by atoms with Crippen LogP contribution in [0.25, 0.3) is 0 Å². The molecule has 1 aliphatic carbocycles. The molecule has 1 heterocycles. The first-order chi connectivity index (χ1) is 8.72. The van der Waals surface area contributed by atoms with Gasteiger partial charge in [0, 0.05) is 25.2 Å². The SMILES string of the molecule is CC(=O)Cc1ccc2c(c1)CCN2CC1CCC1. The third kappa shape index (κ3) is 2.29. The fourth-order valence-corrected chi connectivity index (χ4v) is 3.10. The lowest BCUT2D eigenvalue weighted by Gasteiger charge is -2.31. The molecule has 18 heavy (non-hydrogen) atoms. The third-order valence-corrected chi connectivity index (χ3v) is 4.29. The van der Waals surface area contributed by atoms with Gasteiger partial charge in [-0.3, -0.25) is 4.79 Å². The van der Waals surface area contributed by atoms with Gasteiger partial charge in [0.05, 0.1) is 0 Å². The lowest BCUT2D eigenvalue weighted by Crippen LogP contribution is -2.31. The van der Waals surface area contributed by atoms with Crippen LogP contribution in [0.15, 0.2) is 18.2 Å². The highest BCUT2D eigenvalue weighted by atomic mass is 16.1. The molecule has 3 rings (SSSR count). The Kier molecular flexibility index (Phi) is 3.11. The van der Waals surface area contributed by atoms with Crippen LogP contribution in [-0.2, 0) is 17.6 Å². The highest BCUT2D eigenvalue weighted by molar-refractivity contribution is 5.78. The van der Waals surface area contributed by atoms with Gasteiger partial charge >= 0.3 is 0 Å². The van der Waals surface area contributed by atoms with Gasteiger partial charge in [0.15, 0.2) is 0 Å². The summed E-state index contributed by atoms with van der Waals surface area (Å²) in [4.78, 5) is 13.7. The van der Waals surface area contributed by atoms with E-state index in [0.29, 0.717) is 6.42 Å². The van der Waals surface area contributed by atoms with Crippen LogP contribution in [-0.4, -0.2) is 18.9 Å². The summed E-state index contributed by atoms with van der Waals surface area (Å²) in [6.07, 6.45) is 5.97. The van der Waals surface area contributed by atoms with Gasteiger partial charge in [0.1, 0.15) is 5.78 Å². The average molecular weight is 243 g/mol. The molecule has 1 aliphatic heterocycles. The van der Waals surface area contributed by atoms with Crippen molar-refractivity contribution in [1.82, 2.24) is 0 Å². The van der Waals surface area contributed by atoms with E-state index in [-0.39, 0.29) is 5.78 Å². The zero-order valence-electron chi connectivity index (χ0n) is 11.1. The highest BCUT2D eigenvalue weighted by Gasteiger charge is 2.25. The van der Waals surface area contributed by atoms with Crippen LogP contribution in [0, 0.1) is 5.92 Å². The molecule has 2 heteroatoms. The van der Waals surface area contributed by atoms with Crippen LogP contribution in [0.1, 0.15) is 37.3 Å². The predicted octanol–water partition coefficient (Wildman–Crippen LogP) is 2.98. The molecule has 0 aromatic heterocycles. The van der Waals surface area contributed by atoms with E-state index in [1.165, 1.54) is 42.6 Å². The van der Waals surface area contributed by atoms with E-state index in [2.05, 4.69) is 23.1 Å². The topological polar surface area (TPSA) is 20.3 Å². The Balaban J connectivity index is 1.73. The van der Waals surface area contributed by atoms with E-state index in [9.17, 15) is 4.79 Å². The molecule has 96 valence electrons. The first kappa shape index (κ1) is 11.8. The number of hydrogen-bond acceptors (Lipinski definition) is 2. The van der Waals surface area contributed by atoms with Crippen molar-refractivity contribution in [1.29, 1.82) is 0 Å². The van der Waals surface area contributed by atoms with Gasteiger partial charge in [-0.2, -0.15) is 0 Å². The summed E-state index contributed by atoms with van der Waals surface area (Å²) in [6.45, 7) is 4.06. The van der Waals surface area contributed by atoms with Gasteiger partial charge in [-0.25, -0.2) is 0 Å². The molecule has 0 atom stereocenters. The standard InChI is InChI=1S/C16H21NO/c1-12(18)9-14-5-6-16-15(10-14)7-8-17(16)11-13-3-2-4-13/h5-6,10,13H,2-4,7-9,11H2,1H3. The van der Waals surface area contributed by atoms with E-state index in [1.807, 2.05) is 0 Å². The van der Waals surface area contributed by atoms with Crippen molar-refractivity contribution in [2.75, 3.05) is 18.0 Å². The molecule has 0 spiro atoms. The van der Waals surface area contributed by atoms with E-state index in [1.54, 1.807) is 6.92 Å². The Morgan fingerprint density at radius 3 is 2.89 bits per heavy atom. The Morgan fingerprint density at radius 1 is 1.39 bits per heavy atom. The maximum atomic E-state index is 11.2. The summed E-state index contributed by atoms with van der Waals surface area (Å²) in [6, 6.07) is 6.58. The molecule has 1 saturated carbocycles. The second-order valence-corrected chi connectivity index (χ2v) is 5.83. The maximum absolute atomic E-state index is 11.2. The number of fused-ring (bicyclic) bond motifs is 1. The second kappa shape index (κ2) is 4.75. The first-order valence-electron chi connectivity index (χ1n) is 7.08. The number of Topliss-reactive ketones (excluding diaryl/α,β-unsaturated/α-hetero) is 1. The van der Waals surface area contributed by atoms with E-state index < -0.39 is 0 Å². The number of carbonyl (C=O) groups excluding carboxylic acids is 1. The molecule has 1 aromatic carbocycles. The fourth-order valence-electron chi connectivity index (χ4n) is 3.10. The van der Waals surface area contributed by atoms with Crippen LogP contribution in [0.4, 0.5) is 5.69 Å². The van der Waals surface area contributed by atoms with Crippen LogP contribution in [0.2, 0.25) is 0 Å². The molecule has 2 nitrogen and oxygen atoms in total.